The Kier molecular flexibility index (Phi) is 10.7. The Balaban J connectivity index is 1.16. The maximum absolute atomic E-state index is 13.6. The van der Waals surface area contributed by atoms with Crippen LogP contribution in [0.1, 0.15) is 79.9 Å². The van der Waals surface area contributed by atoms with E-state index in [0.29, 0.717) is 48.4 Å². The molecule has 0 radical (unpaired) electrons. The number of thiazole rings is 1. The molecule has 1 aliphatic heterocycles. The zero-order valence-electron chi connectivity index (χ0n) is 25.8. The normalized spacial score (nSPS) is 15.8. The number of fused-ring (bicyclic) bond motifs is 1. The molecule has 12 nitrogen and oxygen atoms in total. The maximum Gasteiger partial charge on any atom is 0.254 e. The van der Waals surface area contributed by atoms with Crippen molar-refractivity contribution in [2.45, 2.75) is 77.3 Å². The Hall–Kier alpha value is -4.65. The van der Waals surface area contributed by atoms with Gasteiger partial charge in [0.2, 0.25) is 24.1 Å². The van der Waals surface area contributed by atoms with Crippen molar-refractivity contribution in [1.29, 1.82) is 0 Å². The van der Waals surface area contributed by atoms with Gasteiger partial charge in [0.05, 0.1) is 5.41 Å². The quantitative estimate of drug-likeness (QED) is 0.189. The first-order chi connectivity index (χ1) is 22.3. The number of hydrogen-bond donors (Lipinski definition) is 4. The molecule has 1 saturated carbocycles. The van der Waals surface area contributed by atoms with Crippen LogP contribution in [0.2, 0.25) is 0 Å². The molecule has 1 unspecified atom stereocenters. The van der Waals surface area contributed by atoms with Gasteiger partial charge in [-0.15, -0.1) is 11.3 Å². The number of hydrogen-bond acceptors (Lipinski definition) is 9. The van der Waals surface area contributed by atoms with Crippen molar-refractivity contribution in [1.82, 2.24) is 25.5 Å². The van der Waals surface area contributed by atoms with E-state index in [4.69, 9.17) is 4.98 Å². The lowest BCUT2D eigenvalue weighted by Crippen LogP contribution is -2.44. The van der Waals surface area contributed by atoms with Crippen LogP contribution < -0.4 is 21.3 Å². The molecule has 3 heterocycles. The Morgan fingerprint density at radius 1 is 1.07 bits per heavy atom. The van der Waals surface area contributed by atoms with E-state index in [1.165, 1.54) is 11.3 Å². The van der Waals surface area contributed by atoms with Gasteiger partial charge in [0.1, 0.15) is 5.82 Å². The van der Waals surface area contributed by atoms with Gasteiger partial charge in [-0.25, -0.2) is 9.97 Å². The largest absolute Gasteiger partial charge is 0.355 e. The summed E-state index contributed by atoms with van der Waals surface area (Å²) in [5.41, 5.74) is 2.02. The van der Waals surface area contributed by atoms with E-state index in [0.717, 1.165) is 42.9 Å². The molecule has 0 spiro atoms. The Labute approximate surface area is 271 Å². The van der Waals surface area contributed by atoms with Crippen LogP contribution in [0.5, 0.6) is 0 Å². The average molecular weight is 646 g/mol. The molecule has 0 saturated heterocycles. The van der Waals surface area contributed by atoms with Crippen LogP contribution in [0.15, 0.2) is 48.0 Å². The molecular weight excluding hydrogens is 606 g/mol. The van der Waals surface area contributed by atoms with Crippen molar-refractivity contribution in [3.8, 4) is 0 Å². The molecule has 5 rings (SSSR count). The lowest BCUT2D eigenvalue weighted by molar-refractivity contribution is -0.133. The number of amides is 5. The van der Waals surface area contributed by atoms with Crippen molar-refractivity contribution in [2.75, 3.05) is 17.2 Å². The number of rotatable bonds is 14. The molecule has 5 amide bonds. The molecule has 46 heavy (non-hydrogen) atoms. The predicted octanol–water partition coefficient (Wildman–Crippen LogP) is 4.32. The predicted molar refractivity (Wildman–Crippen MR) is 174 cm³/mol. The van der Waals surface area contributed by atoms with E-state index in [9.17, 15) is 24.0 Å². The van der Waals surface area contributed by atoms with Gasteiger partial charge in [0, 0.05) is 72.5 Å². The standard InChI is InChI=1S/C33H39N7O5S/c1-22(11-12-28(42)36-21-41)40-20-25-24(30(40)44)8-6-9-26(25)38-29(43)13-16-34-31(45)33(14-3-2-4-15-33)19-23-7-5-10-27(37-23)39-32-35-17-18-46-32/h5-10,17-18,21-22H,2-4,11-16,19-20H2,1H3,(H,34,45)(H,38,43)(H,35,37,39)(H,36,41,42). The van der Waals surface area contributed by atoms with Gasteiger partial charge in [0.15, 0.2) is 5.13 Å². The van der Waals surface area contributed by atoms with E-state index in [1.807, 2.05) is 30.5 Å². The van der Waals surface area contributed by atoms with Crippen LogP contribution in [0.3, 0.4) is 0 Å². The number of pyridine rings is 1. The molecule has 1 atom stereocenters. The van der Waals surface area contributed by atoms with E-state index >= 15 is 0 Å². The third-order valence-electron chi connectivity index (χ3n) is 8.73. The van der Waals surface area contributed by atoms with Gasteiger partial charge in [-0.1, -0.05) is 31.4 Å². The van der Waals surface area contributed by atoms with Crippen molar-refractivity contribution >= 4 is 58.0 Å². The number of benzene rings is 1. The third-order valence-corrected chi connectivity index (χ3v) is 9.42. The summed E-state index contributed by atoms with van der Waals surface area (Å²) in [5.74, 6) is -0.204. The first kappa shape index (κ1) is 32.7. The number of anilines is 3. The monoisotopic (exact) mass is 645 g/mol. The first-order valence-electron chi connectivity index (χ1n) is 15.6. The summed E-state index contributed by atoms with van der Waals surface area (Å²) in [6, 6.07) is 10.7. The summed E-state index contributed by atoms with van der Waals surface area (Å²) in [6.07, 6.45) is 7.72. The summed E-state index contributed by atoms with van der Waals surface area (Å²) in [7, 11) is 0. The first-order valence-corrected chi connectivity index (χ1v) is 16.5. The molecule has 2 aromatic heterocycles. The minimum Gasteiger partial charge on any atom is -0.355 e. The molecule has 0 bridgehead atoms. The van der Waals surface area contributed by atoms with Crippen LogP contribution in [0, 0.1) is 5.41 Å². The maximum atomic E-state index is 13.6. The summed E-state index contributed by atoms with van der Waals surface area (Å²) in [4.78, 5) is 72.6. The Morgan fingerprint density at radius 3 is 2.63 bits per heavy atom. The SMILES string of the molecule is CC(CCC(=O)NC=O)N1Cc2c(NC(=O)CCNC(=O)C3(Cc4cccc(Nc5nccs5)n4)CCCCC3)cccc2C1=O. The van der Waals surface area contributed by atoms with E-state index in [2.05, 4.69) is 26.3 Å². The van der Waals surface area contributed by atoms with Gasteiger partial charge >= 0.3 is 0 Å². The summed E-state index contributed by atoms with van der Waals surface area (Å²) >= 11 is 1.49. The van der Waals surface area contributed by atoms with Crippen molar-refractivity contribution in [3.05, 3.63) is 64.8 Å². The number of nitrogens with one attached hydrogen (secondary N) is 4. The molecule has 2 aliphatic rings. The van der Waals surface area contributed by atoms with Gasteiger partial charge in [-0.3, -0.25) is 29.3 Å². The van der Waals surface area contributed by atoms with Crippen LogP contribution in [-0.2, 0) is 32.1 Å². The molecule has 1 aromatic carbocycles. The fraction of sp³-hybridized carbons (Fsp3) is 0.424. The fourth-order valence-electron chi connectivity index (χ4n) is 6.25. The zero-order valence-corrected chi connectivity index (χ0v) is 26.7. The second kappa shape index (κ2) is 15.1. The van der Waals surface area contributed by atoms with E-state index in [1.54, 1.807) is 29.3 Å². The number of carbonyl (C=O) groups excluding carboxylic acids is 5. The second-order valence-electron chi connectivity index (χ2n) is 11.9. The second-order valence-corrected chi connectivity index (χ2v) is 12.8. The smallest absolute Gasteiger partial charge is 0.254 e. The highest BCUT2D eigenvalue weighted by Crippen LogP contribution is 2.39. The number of carbonyl (C=O) groups is 5. The van der Waals surface area contributed by atoms with Crippen molar-refractivity contribution < 1.29 is 24.0 Å². The summed E-state index contributed by atoms with van der Waals surface area (Å²) in [6.45, 7) is 2.34. The third kappa shape index (κ3) is 7.94. The highest BCUT2D eigenvalue weighted by molar-refractivity contribution is 7.13. The number of imide groups is 1. The summed E-state index contributed by atoms with van der Waals surface area (Å²) in [5, 5.41) is 13.9. The van der Waals surface area contributed by atoms with Gasteiger partial charge in [-0.05, 0) is 50.5 Å². The van der Waals surface area contributed by atoms with Gasteiger partial charge < -0.3 is 20.9 Å². The lowest BCUT2D eigenvalue weighted by atomic mass is 9.70. The number of aromatic nitrogens is 2. The highest BCUT2D eigenvalue weighted by Gasteiger charge is 2.40. The van der Waals surface area contributed by atoms with Crippen LogP contribution >= 0.6 is 11.3 Å². The minimum atomic E-state index is -0.587. The molecule has 1 aliphatic carbocycles. The molecule has 13 heteroatoms. The van der Waals surface area contributed by atoms with Crippen molar-refractivity contribution in [2.24, 2.45) is 5.41 Å². The zero-order chi connectivity index (χ0) is 32.5. The van der Waals surface area contributed by atoms with Crippen LogP contribution in [0.25, 0.3) is 0 Å². The Bertz CT molecular complexity index is 1570. The molecular formula is C33H39N7O5S. The van der Waals surface area contributed by atoms with E-state index in [-0.39, 0.29) is 43.1 Å². The fourth-order valence-corrected chi connectivity index (χ4v) is 6.79. The van der Waals surface area contributed by atoms with Crippen LogP contribution in [0.4, 0.5) is 16.6 Å². The van der Waals surface area contributed by atoms with Gasteiger partial charge in [-0.2, -0.15) is 0 Å². The van der Waals surface area contributed by atoms with Gasteiger partial charge in [0.25, 0.3) is 5.91 Å². The van der Waals surface area contributed by atoms with Crippen LogP contribution in [-0.4, -0.2) is 57.5 Å². The number of nitrogens with zero attached hydrogens (tertiary/aromatic N) is 3. The molecule has 3 aromatic rings. The topological polar surface area (TPSA) is 162 Å². The van der Waals surface area contributed by atoms with E-state index < -0.39 is 11.3 Å². The Morgan fingerprint density at radius 2 is 1.87 bits per heavy atom. The van der Waals surface area contributed by atoms with Crippen molar-refractivity contribution in [3.63, 3.8) is 0 Å². The lowest BCUT2D eigenvalue weighted by Gasteiger charge is -2.35. The molecule has 4 N–H and O–H groups in total. The summed E-state index contributed by atoms with van der Waals surface area (Å²) < 4.78 is 0. The minimum absolute atomic E-state index is 0.0576. The highest BCUT2D eigenvalue weighted by atomic mass is 32.1. The molecule has 242 valence electrons. The molecule has 1 fully saturated rings. The average Bonchev–Trinajstić information content (AvgIpc) is 3.68.